The van der Waals surface area contributed by atoms with E-state index in [1.165, 1.54) is 5.56 Å². The van der Waals surface area contributed by atoms with Crippen molar-refractivity contribution in [3.8, 4) is 11.5 Å². The van der Waals surface area contributed by atoms with Gasteiger partial charge in [-0.3, -0.25) is 4.79 Å². The molecule has 0 radical (unpaired) electrons. The number of piperidine rings is 1. The first kappa shape index (κ1) is 17.3. The average molecular weight is 379 g/mol. The number of amides is 1. The average Bonchev–Trinajstić information content (AvgIpc) is 3.08. The van der Waals surface area contributed by atoms with Gasteiger partial charge < -0.3 is 19.7 Å². The van der Waals surface area contributed by atoms with Crippen molar-refractivity contribution in [3.05, 3.63) is 46.6 Å². The maximum Gasteiger partial charge on any atom is 0.253 e. The van der Waals surface area contributed by atoms with E-state index in [2.05, 4.69) is 16.3 Å². The molecule has 1 fully saturated rings. The van der Waals surface area contributed by atoms with E-state index in [0.29, 0.717) is 6.54 Å². The van der Waals surface area contributed by atoms with Crippen molar-refractivity contribution in [3.63, 3.8) is 0 Å². The number of hydrogen-bond donors (Lipinski definition) is 1. The van der Waals surface area contributed by atoms with Crippen molar-refractivity contribution >= 4 is 11.7 Å². The van der Waals surface area contributed by atoms with Gasteiger partial charge in [0.15, 0.2) is 0 Å². The summed E-state index contributed by atoms with van der Waals surface area (Å²) in [7, 11) is 0. The van der Waals surface area contributed by atoms with E-state index in [1.807, 2.05) is 25.1 Å². The Morgan fingerprint density at radius 3 is 2.96 bits per heavy atom. The fourth-order valence-corrected chi connectivity index (χ4v) is 4.34. The highest BCUT2D eigenvalue weighted by Gasteiger charge is 2.26. The van der Waals surface area contributed by atoms with Crippen molar-refractivity contribution in [2.24, 2.45) is 0 Å². The number of fused-ring (bicyclic) bond motifs is 2. The van der Waals surface area contributed by atoms with Gasteiger partial charge in [0.25, 0.3) is 5.91 Å². The van der Waals surface area contributed by atoms with Gasteiger partial charge in [-0.1, -0.05) is 0 Å². The van der Waals surface area contributed by atoms with Crippen LogP contribution in [0.5, 0.6) is 11.5 Å². The zero-order valence-corrected chi connectivity index (χ0v) is 16.2. The molecule has 3 aliphatic rings. The minimum Gasteiger partial charge on any atom is -0.493 e. The van der Waals surface area contributed by atoms with Crippen LogP contribution in [-0.4, -0.2) is 36.7 Å². The molecule has 4 heterocycles. The van der Waals surface area contributed by atoms with Crippen molar-refractivity contribution in [1.29, 1.82) is 0 Å². The fourth-order valence-electron chi connectivity index (χ4n) is 4.34. The number of aromatic nitrogens is 1. The Kier molecular flexibility index (Phi) is 4.34. The predicted molar refractivity (Wildman–Crippen MR) is 106 cm³/mol. The number of aryl methyl sites for hydroxylation is 2. The molecule has 0 aliphatic carbocycles. The third-order valence-corrected chi connectivity index (χ3v) is 5.85. The number of pyridine rings is 1. The molecule has 28 heavy (non-hydrogen) atoms. The van der Waals surface area contributed by atoms with Gasteiger partial charge in [-0.15, -0.1) is 0 Å². The first-order chi connectivity index (χ1) is 13.7. The van der Waals surface area contributed by atoms with Gasteiger partial charge >= 0.3 is 0 Å². The van der Waals surface area contributed by atoms with Gasteiger partial charge in [0.1, 0.15) is 23.4 Å². The summed E-state index contributed by atoms with van der Waals surface area (Å²) in [5.41, 5.74) is 3.89. The lowest BCUT2D eigenvalue weighted by molar-refractivity contribution is 0.0965. The van der Waals surface area contributed by atoms with Crippen LogP contribution in [0, 0.1) is 6.92 Å². The minimum absolute atomic E-state index is 0.0142. The van der Waals surface area contributed by atoms with Crippen LogP contribution in [0.4, 0.5) is 5.82 Å². The number of hydrogen-bond acceptors (Lipinski definition) is 5. The number of carbonyl (C=O) groups excluding carboxylic acids is 1. The largest absolute Gasteiger partial charge is 0.493 e. The first-order valence-corrected chi connectivity index (χ1v) is 10.1. The van der Waals surface area contributed by atoms with Gasteiger partial charge in [0, 0.05) is 25.9 Å². The lowest BCUT2D eigenvalue weighted by atomic mass is 10.0. The van der Waals surface area contributed by atoms with Crippen LogP contribution in [0.25, 0.3) is 0 Å². The third-order valence-electron chi connectivity index (χ3n) is 5.85. The zero-order valence-electron chi connectivity index (χ0n) is 16.2. The van der Waals surface area contributed by atoms with Gasteiger partial charge in [0.05, 0.1) is 24.4 Å². The van der Waals surface area contributed by atoms with E-state index in [1.54, 1.807) is 0 Å². The van der Waals surface area contributed by atoms with Crippen molar-refractivity contribution < 1.29 is 14.3 Å². The van der Waals surface area contributed by atoms with Gasteiger partial charge in [-0.2, -0.15) is 0 Å². The highest BCUT2D eigenvalue weighted by atomic mass is 16.5. The van der Waals surface area contributed by atoms with Crippen LogP contribution < -0.4 is 19.7 Å². The molecule has 6 nitrogen and oxygen atoms in total. The Bertz CT molecular complexity index is 919. The fraction of sp³-hybridized carbons (Fsp3) is 0.455. The SMILES string of the molecule is Cc1cc2c(nc1N1CCC(Oc3ccc4c(c3)CCCO4)CC1)CNC2=O. The van der Waals surface area contributed by atoms with Crippen LogP contribution >= 0.6 is 0 Å². The van der Waals surface area contributed by atoms with Crippen LogP contribution in [0.3, 0.4) is 0 Å². The third kappa shape index (κ3) is 3.17. The molecule has 0 saturated carbocycles. The molecule has 0 unspecified atom stereocenters. The molecular weight excluding hydrogens is 354 g/mol. The Labute approximate surface area is 164 Å². The van der Waals surface area contributed by atoms with E-state index in [0.717, 1.165) is 79.5 Å². The highest BCUT2D eigenvalue weighted by Crippen LogP contribution is 2.31. The van der Waals surface area contributed by atoms with Crippen LogP contribution in [0.1, 0.15) is 46.4 Å². The summed E-state index contributed by atoms with van der Waals surface area (Å²) in [6.07, 6.45) is 4.28. The number of nitrogens with zero attached hydrogens (tertiary/aromatic N) is 2. The highest BCUT2D eigenvalue weighted by molar-refractivity contribution is 5.98. The molecule has 2 aromatic rings. The van der Waals surface area contributed by atoms with E-state index < -0.39 is 0 Å². The molecule has 1 amide bonds. The number of benzene rings is 1. The summed E-state index contributed by atoms with van der Waals surface area (Å²) in [4.78, 5) is 18.9. The number of nitrogens with one attached hydrogen (secondary N) is 1. The van der Waals surface area contributed by atoms with E-state index in [4.69, 9.17) is 14.5 Å². The molecular formula is C22H25N3O3. The topological polar surface area (TPSA) is 63.7 Å². The molecule has 5 rings (SSSR count). The molecule has 0 bridgehead atoms. The van der Waals surface area contributed by atoms with Crippen molar-refractivity contribution in [2.45, 2.75) is 45.3 Å². The Hall–Kier alpha value is -2.76. The Morgan fingerprint density at radius 2 is 2.11 bits per heavy atom. The second kappa shape index (κ2) is 7.00. The summed E-state index contributed by atoms with van der Waals surface area (Å²) in [6.45, 7) is 5.19. The van der Waals surface area contributed by atoms with Crippen LogP contribution in [-0.2, 0) is 13.0 Å². The molecule has 3 aliphatic heterocycles. The van der Waals surface area contributed by atoms with E-state index in [-0.39, 0.29) is 12.0 Å². The monoisotopic (exact) mass is 379 g/mol. The van der Waals surface area contributed by atoms with Crippen LogP contribution in [0.2, 0.25) is 0 Å². The quantitative estimate of drug-likeness (QED) is 0.888. The van der Waals surface area contributed by atoms with Crippen molar-refractivity contribution in [1.82, 2.24) is 10.3 Å². The lowest BCUT2D eigenvalue weighted by Crippen LogP contribution is -2.39. The Balaban J connectivity index is 1.24. The predicted octanol–water partition coefficient (Wildman–Crippen LogP) is 3.01. The summed E-state index contributed by atoms with van der Waals surface area (Å²) in [5.74, 6) is 2.93. The molecule has 1 aromatic carbocycles. The molecule has 0 spiro atoms. The molecule has 6 heteroatoms. The molecule has 1 saturated heterocycles. The minimum atomic E-state index is -0.0142. The van der Waals surface area contributed by atoms with Crippen molar-refractivity contribution in [2.75, 3.05) is 24.6 Å². The standard InChI is InChI=1S/C22H25N3O3/c1-14-11-18-19(13-23-22(18)26)24-21(14)25-8-6-16(7-9-25)28-17-4-5-20-15(12-17)3-2-10-27-20/h4-5,11-12,16H,2-3,6-10,13H2,1H3,(H,23,26). The zero-order chi connectivity index (χ0) is 19.1. The second-order valence-corrected chi connectivity index (χ2v) is 7.83. The number of anilines is 1. The molecule has 1 N–H and O–H groups in total. The Morgan fingerprint density at radius 1 is 1.25 bits per heavy atom. The maximum absolute atomic E-state index is 11.8. The summed E-state index contributed by atoms with van der Waals surface area (Å²) >= 11 is 0. The number of ether oxygens (including phenoxy) is 2. The van der Waals surface area contributed by atoms with Gasteiger partial charge in [-0.25, -0.2) is 4.98 Å². The normalized spacial score (nSPS) is 18.9. The maximum atomic E-state index is 11.8. The number of rotatable bonds is 3. The van der Waals surface area contributed by atoms with Gasteiger partial charge in [-0.05, 0) is 55.2 Å². The first-order valence-electron chi connectivity index (χ1n) is 10.1. The second-order valence-electron chi connectivity index (χ2n) is 7.83. The number of carbonyl (C=O) groups is 1. The lowest BCUT2D eigenvalue weighted by Gasteiger charge is -2.34. The van der Waals surface area contributed by atoms with E-state index >= 15 is 0 Å². The summed E-state index contributed by atoms with van der Waals surface area (Å²) in [6, 6.07) is 8.16. The van der Waals surface area contributed by atoms with Crippen LogP contribution in [0.15, 0.2) is 24.3 Å². The summed E-state index contributed by atoms with van der Waals surface area (Å²) < 4.78 is 12.0. The van der Waals surface area contributed by atoms with Gasteiger partial charge in [0.2, 0.25) is 0 Å². The summed E-state index contributed by atoms with van der Waals surface area (Å²) in [5, 5.41) is 2.85. The molecule has 1 aromatic heterocycles. The van der Waals surface area contributed by atoms with E-state index in [9.17, 15) is 4.79 Å². The smallest absolute Gasteiger partial charge is 0.253 e. The molecule has 146 valence electrons. The molecule has 0 atom stereocenters.